The number of hydrogen-bond donors (Lipinski definition) is 1. The number of methoxy groups -OCH3 is 1. The number of aliphatic hydroxyl groups excluding tert-OH is 1. The maximum Gasteiger partial charge on any atom is 0.410 e. The van der Waals surface area contributed by atoms with Crippen LogP contribution in [0.3, 0.4) is 0 Å². The van der Waals surface area contributed by atoms with Crippen LogP contribution >= 0.6 is 0 Å². The number of carbonyl (C=O) groups excluding carboxylic acids is 1. The molecule has 1 atom stereocenters. The first kappa shape index (κ1) is 15.2. The Labute approximate surface area is 97.3 Å². The summed E-state index contributed by atoms with van der Waals surface area (Å²) in [4.78, 5) is 12.9. The van der Waals surface area contributed by atoms with Crippen molar-refractivity contribution in [1.82, 2.24) is 4.90 Å². The van der Waals surface area contributed by atoms with Gasteiger partial charge in [0.1, 0.15) is 5.60 Å². The number of rotatable bonds is 0. The second-order valence-corrected chi connectivity index (χ2v) is 4.78. The first-order valence-corrected chi connectivity index (χ1v) is 5.36. The van der Waals surface area contributed by atoms with E-state index in [1.807, 2.05) is 20.8 Å². The highest BCUT2D eigenvalue weighted by atomic mass is 16.6. The van der Waals surface area contributed by atoms with Crippen molar-refractivity contribution in [3.63, 3.8) is 0 Å². The summed E-state index contributed by atoms with van der Waals surface area (Å²) in [6, 6.07) is 0. The number of nitrogens with zero attached hydrogens (tertiary/aromatic N) is 1. The Balaban J connectivity index is 0.000000673. The van der Waals surface area contributed by atoms with Gasteiger partial charge in [0.05, 0.1) is 6.10 Å². The molecule has 1 fully saturated rings. The van der Waals surface area contributed by atoms with Crippen LogP contribution in [0.1, 0.15) is 27.2 Å². The van der Waals surface area contributed by atoms with Gasteiger partial charge < -0.3 is 19.5 Å². The van der Waals surface area contributed by atoms with E-state index < -0.39 is 5.60 Å². The summed E-state index contributed by atoms with van der Waals surface area (Å²) in [5, 5.41) is 9.20. The molecule has 0 aliphatic carbocycles. The fourth-order valence-electron chi connectivity index (χ4n) is 1.23. The molecule has 5 nitrogen and oxygen atoms in total. The van der Waals surface area contributed by atoms with Gasteiger partial charge in [-0.3, -0.25) is 0 Å². The second-order valence-electron chi connectivity index (χ2n) is 4.78. The molecule has 0 bridgehead atoms. The van der Waals surface area contributed by atoms with Gasteiger partial charge in [-0.15, -0.1) is 0 Å². The monoisotopic (exact) mass is 233 g/mol. The number of ether oxygens (including phenoxy) is 2. The van der Waals surface area contributed by atoms with Gasteiger partial charge in [-0.2, -0.15) is 0 Å². The lowest BCUT2D eigenvalue weighted by atomic mass is 10.2. The molecule has 1 rings (SSSR count). The summed E-state index contributed by atoms with van der Waals surface area (Å²) >= 11 is 0. The minimum atomic E-state index is -0.454. The highest BCUT2D eigenvalue weighted by Gasteiger charge is 2.28. The minimum absolute atomic E-state index is 0.330. The van der Waals surface area contributed by atoms with E-state index in [9.17, 15) is 9.90 Å². The lowest BCUT2D eigenvalue weighted by Crippen LogP contribution is -2.35. The highest BCUT2D eigenvalue weighted by molar-refractivity contribution is 5.68. The number of aliphatic hydroxyl groups is 1. The number of likely N-dealkylation sites (tertiary alicyclic amines) is 1. The summed E-state index contributed by atoms with van der Waals surface area (Å²) in [6.45, 7) is 6.48. The molecule has 0 spiro atoms. The van der Waals surface area contributed by atoms with Gasteiger partial charge >= 0.3 is 6.09 Å². The molecule has 5 heteroatoms. The van der Waals surface area contributed by atoms with Gasteiger partial charge in [0.2, 0.25) is 0 Å². The van der Waals surface area contributed by atoms with E-state index in [0.717, 1.165) is 0 Å². The molecule has 0 radical (unpaired) electrons. The van der Waals surface area contributed by atoms with Gasteiger partial charge in [-0.1, -0.05) is 0 Å². The van der Waals surface area contributed by atoms with Crippen molar-refractivity contribution in [1.29, 1.82) is 0 Å². The lowest BCUT2D eigenvalue weighted by Gasteiger charge is -2.24. The zero-order valence-corrected chi connectivity index (χ0v) is 10.8. The van der Waals surface area contributed by atoms with E-state index in [1.165, 1.54) is 4.90 Å². The zero-order valence-electron chi connectivity index (χ0n) is 10.8. The number of amides is 1. The van der Waals surface area contributed by atoms with Crippen molar-refractivity contribution >= 4 is 6.09 Å². The molecule has 16 heavy (non-hydrogen) atoms. The summed E-state index contributed by atoms with van der Waals surface area (Å²) in [6.07, 6.45) is -0.0595. The molecule has 0 aromatic rings. The van der Waals surface area contributed by atoms with Crippen LogP contribution in [-0.4, -0.2) is 55.1 Å². The first-order valence-electron chi connectivity index (χ1n) is 5.36. The van der Waals surface area contributed by atoms with Crippen LogP contribution < -0.4 is 0 Å². The molecule has 1 amide bonds. The van der Waals surface area contributed by atoms with E-state index >= 15 is 0 Å². The standard InChI is InChI=1S/C9H17NO3.C2H6O/c1-9(2,3)13-8(12)10-5-4-7(11)6-10;1-3-2/h7,11H,4-6H2,1-3H3;1-2H3. The predicted octanol–water partition coefficient (Wildman–Crippen LogP) is 1.25. The van der Waals surface area contributed by atoms with Crippen molar-refractivity contribution in [2.45, 2.75) is 38.9 Å². The SMILES string of the molecule is CC(C)(C)OC(=O)N1CCC(O)C1.COC. The summed E-state index contributed by atoms with van der Waals surface area (Å²) in [5.41, 5.74) is -0.454. The molecule has 1 aliphatic heterocycles. The minimum Gasteiger partial charge on any atom is -0.444 e. The lowest BCUT2D eigenvalue weighted by molar-refractivity contribution is 0.0270. The van der Waals surface area contributed by atoms with Gasteiger partial charge in [0.25, 0.3) is 0 Å². The molecule has 0 saturated carbocycles. The molecular weight excluding hydrogens is 210 g/mol. The van der Waals surface area contributed by atoms with Gasteiger partial charge in [-0.05, 0) is 27.2 Å². The smallest absolute Gasteiger partial charge is 0.410 e. The maximum absolute atomic E-state index is 11.4. The summed E-state index contributed by atoms with van der Waals surface area (Å²) in [7, 11) is 3.25. The Morgan fingerprint density at radius 3 is 2.19 bits per heavy atom. The molecule has 96 valence electrons. The normalized spacial score (nSPS) is 20.1. The van der Waals surface area contributed by atoms with Crippen molar-refractivity contribution < 1.29 is 19.4 Å². The number of β-amino-alcohol motifs (C(OH)–C–C–N with tert-alkyl or cyclic N) is 1. The Morgan fingerprint density at radius 2 is 1.88 bits per heavy atom. The van der Waals surface area contributed by atoms with E-state index in [-0.39, 0.29) is 12.2 Å². The zero-order chi connectivity index (χ0) is 12.8. The molecule has 1 saturated heterocycles. The third-order valence-corrected chi connectivity index (χ3v) is 1.82. The molecule has 0 aromatic heterocycles. The van der Waals surface area contributed by atoms with Crippen LogP contribution in [0.5, 0.6) is 0 Å². The van der Waals surface area contributed by atoms with E-state index in [4.69, 9.17) is 4.74 Å². The van der Waals surface area contributed by atoms with E-state index in [0.29, 0.717) is 19.5 Å². The van der Waals surface area contributed by atoms with Crippen LogP contribution in [-0.2, 0) is 9.47 Å². The maximum atomic E-state index is 11.4. The highest BCUT2D eigenvalue weighted by Crippen LogP contribution is 2.14. The van der Waals surface area contributed by atoms with Crippen molar-refractivity contribution in [2.75, 3.05) is 27.3 Å². The third-order valence-electron chi connectivity index (χ3n) is 1.82. The quantitative estimate of drug-likeness (QED) is 0.684. The van der Waals surface area contributed by atoms with E-state index in [2.05, 4.69) is 4.74 Å². The topological polar surface area (TPSA) is 59.0 Å². The average molecular weight is 233 g/mol. The molecule has 0 aromatic carbocycles. The van der Waals surface area contributed by atoms with Crippen molar-refractivity contribution in [3.8, 4) is 0 Å². The molecular formula is C11H23NO4. The fourth-order valence-corrected chi connectivity index (χ4v) is 1.23. The van der Waals surface area contributed by atoms with Crippen molar-refractivity contribution in [2.24, 2.45) is 0 Å². The average Bonchev–Trinajstić information content (AvgIpc) is 2.50. The number of carbonyl (C=O) groups is 1. The van der Waals surface area contributed by atoms with Crippen LogP contribution in [0, 0.1) is 0 Å². The second kappa shape index (κ2) is 6.70. The predicted molar refractivity (Wildman–Crippen MR) is 61.4 cm³/mol. The van der Waals surface area contributed by atoms with Crippen LogP contribution in [0.25, 0.3) is 0 Å². The summed E-state index contributed by atoms with van der Waals surface area (Å²) < 4.78 is 9.40. The van der Waals surface area contributed by atoms with Crippen LogP contribution in [0.4, 0.5) is 4.79 Å². The molecule has 1 aliphatic rings. The Morgan fingerprint density at radius 1 is 1.38 bits per heavy atom. The largest absolute Gasteiger partial charge is 0.444 e. The molecule has 1 unspecified atom stereocenters. The fraction of sp³-hybridized carbons (Fsp3) is 0.909. The van der Waals surface area contributed by atoms with Crippen LogP contribution in [0.15, 0.2) is 0 Å². The first-order chi connectivity index (χ1) is 7.30. The molecule has 1 N–H and O–H groups in total. The van der Waals surface area contributed by atoms with Gasteiger partial charge in [0.15, 0.2) is 0 Å². The van der Waals surface area contributed by atoms with Crippen molar-refractivity contribution in [3.05, 3.63) is 0 Å². The molecule has 1 heterocycles. The third kappa shape index (κ3) is 6.63. The van der Waals surface area contributed by atoms with Gasteiger partial charge in [0, 0.05) is 27.3 Å². The van der Waals surface area contributed by atoms with Gasteiger partial charge in [-0.25, -0.2) is 4.79 Å². The Kier molecular flexibility index (Phi) is 6.36. The van der Waals surface area contributed by atoms with Crippen LogP contribution in [0.2, 0.25) is 0 Å². The number of hydrogen-bond acceptors (Lipinski definition) is 4. The summed E-state index contributed by atoms with van der Waals surface area (Å²) in [5.74, 6) is 0. The Hall–Kier alpha value is -0.810. The van der Waals surface area contributed by atoms with E-state index in [1.54, 1.807) is 14.2 Å². The Bertz CT molecular complexity index is 213.